The molecule has 0 aromatic heterocycles. The summed E-state index contributed by atoms with van der Waals surface area (Å²) in [6, 6.07) is 22.7. The molecule has 0 fully saturated rings. The Kier molecular flexibility index (Phi) is 7.25. The normalized spacial score (nSPS) is 11.6. The smallest absolute Gasteiger partial charge is 0.264 e. The maximum Gasteiger partial charge on any atom is 0.264 e. The number of hydrogen-bond acceptors (Lipinski definition) is 5. The summed E-state index contributed by atoms with van der Waals surface area (Å²) >= 11 is 12.1. The highest BCUT2D eigenvalue weighted by Gasteiger charge is 2.27. The van der Waals surface area contributed by atoms with Crippen molar-refractivity contribution in [1.29, 1.82) is 0 Å². The molecular formula is C25H19Cl2N3O4S. The maximum atomic E-state index is 13.3. The summed E-state index contributed by atoms with van der Waals surface area (Å²) in [4.78, 5) is 12.7. The molecule has 0 atom stereocenters. The van der Waals surface area contributed by atoms with Crippen LogP contribution >= 0.6 is 23.2 Å². The molecule has 0 saturated carbocycles. The second-order valence-electron chi connectivity index (χ2n) is 7.44. The van der Waals surface area contributed by atoms with Gasteiger partial charge in [-0.15, -0.1) is 0 Å². The molecule has 0 aliphatic carbocycles. The van der Waals surface area contributed by atoms with Crippen LogP contribution in [0.5, 0.6) is 5.75 Å². The van der Waals surface area contributed by atoms with Gasteiger partial charge in [-0.3, -0.25) is 9.10 Å². The van der Waals surface area contributed by atoms with Gasteiger partial charge in [0, 0.05) is 5.56 Å². The highest BCUT2D eigenvalue weighted by atomic mass is 35.5. The van der Waals surface area contributed by atoms with E-state index in [1.165, 1.54) is 42.6 Å². The van der Waals surface area contributed by atoms with E-state index in [1.54, 1.807) is 24.3 Å². The van der Waals surface area contributed by atoms with Crippen molar-refractivity contribution in [2.45, 2.75) is 4.90 Å². The molecule has 4 rings (SSSR count). The van der Waals surface area contributed by atoms with Crippen molar-refractivity contribution in [2.24, 2.45) is 5.10 Å². The number of nitrogens with one attached hydrogen (secondary N) is 1. The Hall–Kier alpha value is -3.59. The zero-order chi connectivity index (χ0) is 25.0. The van der Waals surface area contributed by atoms with Crippen LogP contribution in [0.15, 0.2) is 94.9 Å². The Balaban J connectivity index is 1.61. The second-order valence-corrected chi connectivity index (χ2v) is 10.1. The van der Waals surface area contributed by atoms with E-state index in [-0.39, 0.29) is 26.4 Å². The van der Waals surface area contributed by atoms with Crippen LogP contribution in [-0.2, 0) is 14.8 Å². The van der Waals surface area contributed by atoms with Gasteiger partial charge in [0.2, 0.25) is 0 Å². The van der Waals surface area contributed by atoms with Crippen LogP contribution in [0.25, 0.3) is 10.8 Å². The van der Waals surface area contributed by atoms with Crippen LogP contribution in [0.4, 0.5) is 5.69 Å². The number of nitrogens with zero attached hydrogens (tertiary/aromatic N) is 2. The van der Waals surface area contributed by atoms with E-state index in [9.17, 15) is 18.3 Å². The molecule has 0 saturated heterocycles. The number of phenols is 1. The Morgan fingerprint density at radius 2 is 1.66 bits per heavy atom. The number of hydrogen-bond donors (Lipinski definition) is 2. The summed E-state index contributed by atoms with van der Waals surface area (Å²) in [5.41, 5.74) is 2.91. The fraction of sp³-hybridized carbons (Fsp3) is 0.0400. The highest BCUT2D eigenvalue weighted by molar-refractivity contribution is 7.92. The number of anilines is 1. The van der Waals surface area contributed by atoms with Crippen LogP contribution in [-0.4, -0.2) is 32.2 Å². The van der Waals surface area contributed by atoms with Crippen molar-refractivity contribution in [3.8, 4) is 5.75 Å². The van der Waals surface area contributed by atoms with Gasteiger partial charge in [-0.1, -0.05) is 71.7 Å². The predicted molar refractivity (Wildman–Crippen MR) is 139 cm³/mol. The minimum Gasteiger partial charge on any atom is -0.507 e. The minimum atomic E-state index is -4.11. The molecule has 0 heterocycles. The lowest BCUT2D eigenvalue weighted by Crippen LogP contribution is -2.39. The van der Waals surface area contributed by atoms with Crippen LogP contribution in [0.3, 0.4) is 0 Å². The lowest BCUT2D eigenvalue weighted by molar-refractivity contribution is -0.119. The first-order valence-corrected chi connectivity index (χ1v) is 12.5. The van der Waals surface area contributed by atoms with Crippen LogP contribution in [0.2, 0.25) is 10.0 Å². The number of carbonyl (C=O) groups excluding carboxylic acids is 1. The molecule has 35 heavy (non-hydrogen) atoms. The van der Waals surface area contributed by atoms with Crippen molar-refractivity contribution in [1.82, 2.24) is 5.43 Å². The van der Waals surface area contributed by atoms with E-state index < -0.39 is 22.5 Å². The molecule has 0 unspecified atom stereocenters. The molecule has 4 aromatic carbocycles. The average molecular weight is 528 g/mol. The van der Waals surface area contributed by atoms with Crippen molar-refractivity contribution in [3.63, 3.8) is 0 Å². The molecular weight excluding hydrogens is 509 g/mol. The number of sulfonamides is 1. The summed E-state index contributed by atoms with van der Waals surface area (Å²) in [7, 11) is -4.11. The van der Waals surface area contributed by atoms with Gasteiger partial charge in [-0.05, 0) is 47.2 Å². The molecule has 0 aliphatic heterocycles. The first kappa shape index (κ1) is 24.5. The molecule has 2 N–H and O–H groups in total. The summed E-state index contributed by atoms with van der Waals surface area (Å²) in [5.74, 6) is -0.711. The van der Waals surface area contributed by atoms with Gasteiger partial charge in [0.1, 0.15) is 12.3 Å². The SMILES string of the molecule is O=C(CN(c1ccc(Cl)c(Cl)c1)S(=O)(=O)c1ccccc1)N/N=C\c1c(O)ccc2ccccc12. The summed E-state index contributed by atoms with van der Waals surface area (Å²) in [5, 5.41) is 16.2. The molecule has 0 bridgehead atoms. The zero-order valence-corrected chi connectivity index (χ0v) is 20.4. The topological polar surface area (TPSA) is 99.1 Å². The van der Waals surface area contributed by atoms with Crippen LogP contribution < -0.4 is 9.73 Å². The number of amides is 1. The quantitative estimate of drug-likeness (QED) is 0.255. The third kappa shape index (κ3) is 5.40. The van der Waals surface area contributed by atoms with Crippen LogP contribution in [0, 0.1) is 0 Å². The number of phenolic OH excluding ortho intramolecular Hbond substituents is 1. The van der Waals surface area contributed by atoms with E-state index in [0.29, 0.717) is 5.56 Å². The number of benzene rings is 4. The van der Waals surface area contributed by atoms with Crippen molar-refractivity contribution < 1.29 is 18.3 Å². The van der Waals surface area contributed by atoms with E-state index in [4.69, 9.17) is 23.2 Å². The number of halogens is 2. The first-order chi connectivity index (χ1) is 16.8. The molecule has 7 nitrogen and oxygen atoms in total. The van der Waals surface area contributed by atoms with Gasteiger partial charge < -0.3 is 5.11 Å². The van der Waals surface area contributed by atoms with Crippen molar-refractivity contribution >= 4 is 61.8 Å². The molecule has 4 aromatic rings. The summed E-state index contributed by atoms with van der Waals surface area (Å²) < 4.78 is 27.6. The Morgan fingerprint density at radius 3 is 2.40 bits per heavy atom. The Bertz CT molecular complexity index is 1530. The van der Waals surface area contributed by atoms with Gasteiger partial charge in [-0.25, -0.2) is 13.8 Å². The highest BCUT2D eigenvalue weighted by Crippen LogP contribution is 2.30. The molecule has 1 amide bonds. The molecule has 10 heteroatoms. The van der Waals surface area contributed by atoms with Gasteiger partial charge in [0.15, 0.2) is 0 Å². The zero-order valence-electron chi connectivity index (χ0n) is 18.1. The molecule has 0 radical (unpaired) electrons. The van der Waals surface area contributed by atoms with Gasteiger partial charge >= 0.3 is 0 Å². The fourth-order valence-electron chi connectivity index (χ4n) is 3.43. The summed E-state index contributed by atoms with van der Waals surface area (Å²) in [6.45, 7) is -0.575. The predicted octanol–water partition coefficient (Wildman–Crippen LogP) is 5.20. The fourth-order valence-corrected chi connectivity index (χ4v) is 5.16. The number of carbonyl (C=O) groups is 1. The number of aromatic hydroxyl groups is 1. The van der Waals surface area contributed by atoms with Crippen LogP contribution in [0.1, 0.15) is 5.56 Å². The molecule has 0 aliphatic rings. The second kappa shape index (κ2) is 10.4. The number of fused-ring (bicyclic) bond motifs is 1. The third-order valence-corrected chi connectivity index (χ3v) is 7.67. The first-order valence-electron chi connectivity index (χ1n) is 10.3. The van der Waals surface area contributed by atoms with Crippen molar-refractivity contribution in [3.05, 3.63) is 101 Å². The van der Waals surface area contributed by atoms with E-state index >= 15 is 0 Å². The van der Waals surface area contributed by atoms with E-state index in [0.717, 1.165) is 15.1 Å². The lowest BCUT2D eigenvalue weighted by Gasteiger charge is -2.24. The minimum absolute atomic E-state index is 0.00283. The van der Waals surface area contributed by atoms with Crippen molar-refractivity contribution in [2.75, 3.05) is 10.8 Å². The average Bonchev–Trinajstić information content (AvgIpc) is 2.86. The third-order valence-electron chi connectivity index (χ3n) is 5.14. The van der Waals surface area contributed by atoms with Gasteiger partial charge in [0.05, 0.1) is 26.8 Å². The van der Waals surface area contributed by atoms with Gasteiger partial charge in [-0.2, -0.15) is 5.10 Å². The largest absolute Gasteiger partial charge is 0.507 e. The van der Waals surface area contributed by atoms with E-state index in [2.05, 4.69) is 10.5 Å². The molecule has 178 valence electrons. The summed E-state index contributed by atoms with van der Waals surface area (Å²) in [6.07, 6.45) is 1.31. The van der Waals surface area contributed by atoms with Gasteiger partial charge in [0.25, 0.3) is 15.9 Å². The monoisotopic (exact) mass is 527 g/mol. The van der Waals surface area contributed by atoms with E-state index in [1.807, 2.05) is 24.3 Å². The molecule has 0 spiro atoms. The maximum absolute atomic E-state index is 13.3. The number of hydrazone groups is 1. The lowest BCUT2D eigenvalue weighted by atomic mass is 10.0. The Labute approximate surface area is 212 Å². The Morgan fingerprint density at radius 1 is 0.943 bits per heavy atom. The number of rotatable bonds is 7. The standard InChI is InChI=1S/C25H19Cl2N3O4S/c26-22-12-11-18(14-23(22)27)30(35(33,34)19-7-2-1-3-8-19)16-25(32)29-28-15-21-20-9-5-4-6-17(20)10-13-24(21)31/h1-15,31H,16H2,(H,29,32)/b28-15-.